The Kier molecular flexibility index (Phi) is 5.73. The summed E-state index contributed by atoms with van der Waals surface area (Å²) in [6.07, 6.45) is 0.983. The summed E-state index contributed by atoms with van der Waals surface area (Å²) in [7, 11) is 1.92. The van der Waals surface area contributed by atoms with Crippen molar-refractivity contribution in [3.8, 4) is 11.4 Å². The van der Waals surface area contributed by atoms with E-state index in [0.29, 0.717) is 5.16 Å². The number of hydrogen-bond donors (Lipinski definition) is 1. The molecule has 0 aliphatic carbocycles. The van der Waals surface area contributed by atoms with Gasteiger partial charge in [0.2, 0.25) is 5.91 Å². The van der Waals surface area contributed by atoms with E-state index >= 15 is 0 Å². The van der Waals surface area contributed by atoms with Crippen LogP contribution in [0.5, 0.6) is 0 Å². The molecular weight excluding hydrogens is 344 g/mol. The topological polar surface area (TPSA) is 59.8 Å². The van der Waals surface area contributed by atoms with Crippen LogP contribution in [0.2, 0.25) is 0 Å². The van der Waals surface area contributed by atoms with E-state index in [1.165, 1.54) is 17.3 Å². The second-order valence-corrected chi connectivity index (χ2v) is 7.34. The van der Waals surface area contributed by atoms with Gasteiger partial charge in [0, 0.05) is 18.3 Å². The van der Waals surface area contributed by atoms with E-state index in [1.807, 2.05) is 73.1 Å². The molecule has 0 radical (unpaired) electrons. The predicted molar refractivity (Wildman–Crippen MR) is 106 cm³/mol. The minimum absolute atomic E-state index is 0.0523. The molecule has 0 spiro atoms. The zero-order valence-corrected chi connectivity index (χ0v) is 16.0. The molecule has 1 N–H and O–H groups in total. The number of nitrogens with zero attached hydrogens (tertiary/aromatic N) is 3. The minimum Gasteiger partial charge on any atom is -0.325 e. The smallest absolute Gasteiger partial charge is 0.237 e. The van der Waals surface area contributed by atoms with Crippen LogP contribution in [0.3, 0.4) is 0 Å². The fraction of sp³-hybridized carbons (Fsp3) is 0.250. The Hall–Kier alpha value is -2.60. The van der Waals surface area contributed by atoms with E-state index in [1.54, 1.807) is 0 Å². The van der Waals surface area contributed by atoms with Crippen LogP contribution in [0.1, 0.15) is 19.4 Å². The molecule has 2 aromatic carbocycles. The standard InChI is InChI=1S/C20H22N4OS/c1-4-15-10-12-17(13-11-15)21-19(25)14(2)26-20-23-22-18(24(20)3)16-8-6-5-7-9-16/h5-14H,4H2,1-3H3,(H,21,25)/t14-/m1/s1. The Balaban J connectivity index is 1.66. The Morgan fingerprint density at radius 3 is 2.46 bits per heavy atom. The van der Waals surface area contributed by atoms with E-state index in [-0.39, 0.29) is 11.2 Å². The van der Waals surface area contributed by atoms with Crippen LogP contribution >= 0.6 is 11.8 Å². The second kappa shape index (κ2) is 8.19. The summed E-state index contributed by atoms with van der Waals surface area (Å²) in [6, 6.07) is 17.8. The summed E-state index contributed by atoms with van der Waals surface area (Å²) in [6.45, 7) is 3.98. The number of carbonyl (C=O) groups excluding carboxylic acids is 1. The molecule has 26 heavy (non-hydrogen) atoms. The van der Waals surface area contributed by atoms with Gasteiger partial charge in [-0.05, 0) is 31.0 Å². The first-order valence-electron chi connectivity index (χ1n) is 8.59. The van der Waals surface area contributed by atoms with Crippen molar-refractivity contribution >= 4 is 23.4 Å². The monoisotopic (exact) mass is 366 g/mol. The van der Waals surface area contributed by atoms with Crippen LogP contribution in [0.15, 0.2) is 59.8 Å². The van der Waals surface area contributed by atoms with E-state index in [0.717, 1.165) is 23.5 Å². The van der Waals surface area contributed by atoms with Gasteiger partial charge >= 0.3 is 0 Å². The predicted octanol–water partition coefficient (Wildman–Crippen LogP) is 4.16. The van der Waals surface area contributed by atoms with E-state index in [9.17, 15) is 4.79 Å². The summed E-state index contributed by atoms with van der Waals surface area (Å²) in [5.41, 5.74) is 3.06. The molecule has 1 atom stereocenters. The molecule has 0 aliphatic rings. The zero-order chi connectivity index (χ0) is 18.5. The third-order valence-corrected chi connectivity index (χ3v) is 5.28. The van der Waals surface area contributed by atoms with Crippen LogP contribution in [0, 0.1) is 0 Å². The molecule has 0 unspecified atom stereocenters. The summed E-state index contributed by atoms with van der Waals surface area (Å²) >= 11 is 1.40. The molecule has 3 aromatic rings. The van der Waals surface area contributed by atoms with Crippen LogP contribution < -0.4 is 5.32 Å². The fourth-order valence-corrected chi connectivity index (χ4v) is 3.35. The Labute approximate surface area is 157 Å². The van der Waals surface area contributed by atoms with Crippen molar-refractivity contribution in [3.63, 3.8) is 0 Å². The highest BCUT2D eigenvalue weighted by Crippen LogP contribution is 2.26. The molecule has 5 nitrogen and oxygen atoms in total. The molecule has 134 valence electrons. The van der Waals surface area contributed by atoms with Crippen molar-refractivity contribution in [2.75, 3.05) is 5.32 Å². The Morgan fingerprint density at radius 2 is 1.81 bits per heavy atom. The maximum absolute atomic E-state index is 12.5. The van der Waals surface area contributed by atoms with Crippen molar-refractivity contribution in [1.82, 2.24) is 14.8 Å². The van der Waals surface area contributed by atoms with Crippen LogP contribution in [0.25, 0.3) is 11.4 Å². The highest BCUT2D eigenvalue weighted by atomic mass is 32.2. The SMILES string of the molecule is CCc1ccc(NC(=O)[C@@H](C)Sc2nnc(-c3ccccc3)n2C)cc1. The van der Waals surface area contributed by atoms with Crippen molar-refractivity contribution < 1.29 is 4.79 Å². The lowest BCUT2D eigenvalue weighted by Gasteiger charge is -2.12. The second-order valence-electron chi connectivity index (χ2n) is 6.03. The number of thioether (sulfide) groups is 1. The van der Waals surface area contributed by atoms with Crippen molar-refractivity contribution in [1.29, 1.82) is 0 Å². The van der Waals surface area contributed by atoms with Gasteiger partial charge in [0.1, 0.15) is 0 Å². The Morgan fingerprint density at radius 1 is 1.12 bits per heavy atom. The number of aryl methyl sites for hydroxylation is 1. The maximum Gasteiger partial charge on any atom is 0.237 e. The number of rotatable bonds is 6. The van der Waals surface area contributed by atoms with E-state index in [4.69, 9.17) is 0 Å². The quantitative estimate of drug-likeness (QED) is 0.665. The number of aromatic nitrogens is 3. The average Bonchev–Trinajstić information content (AvgIpc) is 3.03. The number of nitrogens with one attached hydrogen (secondary N) is 1. The highest BCUT2D eigenvalue weighted by molar-refractivity contribution is 8.00. The number of hydrogen-bond acceptors (Lipinski definition) is 4. The first kappa shape index (κ1) is 18.2. The molecule has 0 aliphatic heterocycles. The fourth-order valence-electron chi connectivity index (χ4n) is 2.54. The summed E-state index contributed by atoms with van der Waals surface area (Å²) in [5.74, 6) is 0.736. The van der Waals surface area contributed by atoms with Gasteiger partial charge in [-0.15, -0.1) is 10.2 Å². The van der Waals surface area contributed by atoms with Crippen molar-refractivity contribution in [2.45, 2.75) is 30.7 Å². The van der Waals surface area contributed by atoms with Crippen LogP contribution in [-0.2, 0) is 18.3 Å². The molecule has 0 saturated carbocycles. The molecule has 1 amide bonds. The molecule has 1 aromatic heterocycles. The normalized spacial score (nSPS) is 12.0. The van der Waals surface area contributed by atoms with Gasteiger partial charge in [-0.2, -0.15) is 0 Å². The molecule has 3 rings (SSSR count). The van der Waals surface area contributed by atoms with Crippen molar-refractivity contribution in [2.24, 2.45) is 7.05 Å². The third kappa shape index (κ3) is 4.14. The lowest BCUT2D eigenvalue weighted by molar-refractivity contribution is -0.115. The molecule has 0 saturated heterocycles. The first-order chi connectivity index (χ1) is 12.6. The van der Waals surface area contributed by atoms with Crippen molar-refractivity contribution in [3.05, 3.63) is 60.2 Å². The highest BCUT2D eigenvalue weighted by Gasteiger charge is 2.19. The largest absolute Gasteiger partial charge is 0.325 e. The molecule has 6 heteroatoms. The lowest BCUT2D eigenvalue weighted by Crippen LogP contribution is -2.22. The van der Waals surface area contributed by atoms with E-state index < -0.39 is 0 Å². The zero-order valence-electron chi connectivity index (χ0n) is 15.1. The molecule has 0 fully saturated rings. The first-order valence-corrected chi connectivity index (χ1v) is 9.47. The van der Waals surface area contributed by atoms with Crippen LogP contribution in [-0.4, -0.2) is 25.9 Å². The Bertz CT molecular complexity index is 875. The van der Waals surface area contributed by atoms with Gasteiger partial charge in [0.25, 0.3) is 0 Å². The number of amides is 1. The van der Waals surface area contributed by atoms with Gasteiger partial charge in [0.05, 0.1) is 5.25 Å². The van der Waals surface area contributed by atoms with Gasteiger partial charge in [-0.25, -0.2) is 0 Å². The number of anilines is 1. The number of carbonyl (C=O) groups is 1. The molecule has 1 heterocycles. The van der Waals surface area contributed by atoms with Gasteiger partial charge in [-0.1, -0.05) is 61.2 Å². The van der Waals surface area contributed by atoms with Gasteiger partial charge in [0.15, 0.2) is 11.0 Å². The van der Waals surface area contributed by atoms with Gasteiger partial charge in [-0.3, -0.25) is 4.79 Å². The van der Waals surface area contributed by atoms with Gasteiger partial charge < -0.3 is 9.88 Å². The third-order valence-electron chi connectivity index (χ3n) is 4.15. The van der Waals surface area contributed by atoms with E-state index in [2.05, 4.69) is 22.4 Å². The van der Waals surface area contributed by atoms with Crippen LogP contribution in [0.4, 0.5) is 5.69 Å². The minimum atomic E-state index is -0.285. The summed E-state index contributed by atoms with van der Waals surface area (Å²) < 4.78 is 1.92. The number of benzene rings is 2. The summed E-state index contributed by atoms with van der Waals surface area (Å²) in [5, 5.41) is 11.9. The average molecular weight is 366 g/mol. The molecule has 0 bridgehead atoms. The maximum atomic E-state index is 12.5. The molecular formula is C20H22N4OS. The lowest BCUT2D eigenvalue weighted by atomic mass is 10.1. The summed E-state index contributed by atoms with van der Waals surface area (Å²) in [4.78, 5) is 12.5.